The van der Waals surface area contributed by atoms with Crippen LogP contribution >= 0.6 is 0 Å². The number of nitrogens with one attached hydrogen (secondary N) is 1. The molecule has 134 valence electrons. The Balaban J connectivity index is 1.68. The quantitative estimate of drug-likeness (QED) is 0.689. The van der Waals surface area contributed by atoms with Crippen molar-refractivity contribution in [3.8, 4) is 17.2 Å². The van der Waals surface area contributed by atoms with Gasteiger partial charge in [-0.05, 0) is 31.2 Å². The van der Waals surface area contributed by atoms with Crippen LogP contribution in [0.4, 0.5) is 0 Å². The van der Waals surface area contributed by atoms with E-state index >= 15 is 0 Å². The van der Waals surface area contributed by atoms with Crippen molar-refractivity contribution in [3.05, 3.63) is 54.6 Å². The van der Waals surface area contributed by atoms with Crippen molar-refractivity contribution in [3.63, 3.8) is 0 Å². The van der Waals surface area contributed by atoms with Gasteiger partial charge in [0.05, 0.1) is 6.61 Å². The minimum atomic E-state index is -0.806. The van der Waals surface area contributed by atoms with Crippen molar-refractivity contribution >= 4 is 5.91 Å². The maximum absolute atomic E-state index is 11.8. The van der Waals surface area contributed by atoms with E-state index in [1.807, 2.05) is 31.2 Å². The summed E-state index contributed by atoms with van der Waals surface area (Å²) in [6, 6.07) is 16.3. The molecule has 6 nitrogen and oxygen atoms in total. The highest BCUT2D eigenvalue weighted by molar-refractivity contribution is 5.77. The van der Waals surface area contributed by atoms with Crippen molar-refractivity contribution in [2.75, 3.05) is 26.4 Å². The van der Waals surface area contributed by atoms with E-state index in [0.29, 0.717) is 23.9 Å². The molecule has 0 aliphatic rings. The molecule has 25 heavy (non-hydrogen) atoms. The number of carbonyl (C=O) groups excluding carboxylic acids is 1. The third-order valence-corrected chi connectivity index (χ3v) is 3.23. The molecule has 0 unspecified atom stereocenters. The first-order chi connectivity index (χ1) is 12.2. The summed E-state index contributed by atoms with van der Waals surface area (Å²) in [6.07, 6.45) is -0.806. The summed E-state index contributed by atoms with van der Waals surface area (Å²) in [4.78, 5) is 11.8. The van der Waals surface area contributed by atoms with Gasteiger partial charge in [0.25, 0.3) is 5.91 Å². The maximum atomic E-state index is 11.8. The number of amides is 1. The second-order valence-electron chi connectivity index (χ2n) is 5.25. The molecule has 6 heteroatoms. The van der Waals surface area contributed by atoms with E-state index < -0.39 is 6.10 Å². The van der Waals surface area contributed by atoms with Gasteiger partial charge in [-0.2, -0.15) is 0 Å². The Morgan fingerprint density at radius 3 is 2.32 bits per heavy atom. The minimum Gasteiger partial charge on any atom is -0.491 e. The summed E-state index contributed by atoms with van der Waals surface area (Å²) in [7, 11) is 0. The normalized spacial score (nSPS) is 11.4. The first kappa shape index (κ1) is 18.6. The fourth-order valence-corrected chi connectivity index (χ4v) is 2.04. The van der Waals surface area contributed by atoms with E-state index in [2.05, 4.69) is 5.32 Å². The van der Waals surface area contributed by atoms with Gasteiger partial charge in [-0.1, -0.05) is 30.3 Å². The zero-order chi connectivity index (χ0) is 17.9. The number of rotatable bonds is 10. The van der Waals surface area contributed by atoms with Gasteiger partial charge in [0.2, 0.25) is 0 Å². The van der Waals surface area contributed by atoms with Crippen LogP contribution in [0.3, 0.4) is 0 Å². The Morgan fingerprint density at radius 1 is 1.00 bits per heavy atom. The van der Waals surface area contributed by atoms with Crippen LogP contribution in [-0.2, 0) is 4.79 Å². The number of aliphatic hydroxyl groups excluding tert-OH is 1. The lowest BCUT2D eigenvalue weighted by Crippen LogP contribution is -2.37. The van der Waals surface area contributed by atoms with Crippen LogP contribution in [0.5, 0.6) is 17.2 Å². The van der Waals surface area contributed by atoms with Crippen molar-refractivity contribution in [2.45, 2.75) is 13.0 Å². The predicted octanol–water partition coefficient (Wildman–Crippen LogP) is 2.02. The molecule has 0 saturated heterocycles. The van der Waals surface area contributed by atoms with Crippen LogP contribution in [0.2, 0.25) is 0 Å². The van der Waals surface area contributed by atoms with Gasteiger partial charge < -0.3 is 24.6 Å². The van der Waals surface area contributed by atoms with Crippen molar-refractivity contribution < 1.29 is 24.1 Å². The molecular formula is C19H23NO5. The van der Waals surface area contributed by atoms with Crippen LogP contribution in [0.15, 0.2) is 54.6 Å². The third-order valence-electron chi connectivity index (χ3n) is 3.23. The molecule has 0 aromatic heterocycles. The van der Waals surface area contributed by atoms with E-state index in [0.717, 1.165) is 0 Å². The second-order valence-corrected chi connectivity index (χ2v) is 5.25. The van der Waals surface area contributed by atoms with Gasteiger partial charge in [-0.3, -0.25) is 4.79 Å². The van der Waals surface area contributed by atoms with E-state index in [-0.39, 0.29) is 25.7 Å². The SMILES string of the molecule is CCOc1ccccc1OCC(=O)NC[C@H](O)COc1ccccc1. The average Bonchev–Trinajstić information content (AvgIpc) is 2.65. The van der Waals surface area contributed by atoms with Crippen molar-refractivity contribution in [1.82, 2.24) is 5.32 Å². The Kier molecular flexibility index (Phi) is 7.59. The number of hydrogen-bond acceptors (Lipinski definition) is 5. The van der Waals surface area contributed by atoms with Gasteiger partial charge in [-0.15, -0.1) is 0 Å². The van der Waals surface area contributed by atoms with Gasteiger partial charge >= 0.3 is 0 Å². The largest absolute Gasteiger partial charge is 0.491 e. The summed E-state index contributed by atoms with van der Waals surface area (Å²) < 4.78 is 16.3. The molecule has 0 bridgehead atoms. The van der Waals surface area contributed by atoms with Crippen LogP contribution in [-0.4, -0.2) is 43.5 Å². The molecule has 0 spiro atoms. The highest BCUT2D eigenvalue weighted by Crippen LogP contribution is 2.26. The summed E-state index contributed by atoms with van der Waals surface area (Å²) in [5, 5.41) is 12.5. The molecule has 0 radical (unpaired) electrons. The molecule has 2 aromatic rings. The number of benzene rings is 2. The number of carbonyl (C=O) groups is 1. The number of hydrogen-bond donors (Lipinski definition) is 2. The Hall–Kier alpha value is -2.73. The van der Waals surface area contributed by atoms with Crippen LogP contribution in [0, 0.1) is 0 Å². The van der Waals surface area contributed by atoms with E-state index in [1.165, 1.54) is 0 Å². The second kappa shape index (κ2) is 10.2. The van der Waals surface area contributed by atoms with E-state index in [4.69, 9.17) is 14.2 Å². The molecule has 1 atom stereocenters. The van der Waals surface area contributed by atoms with E-state index in [9.17, 15) is 9.90 Å². The molecule has 0 aliphatic heterocycles. The molecule has 1 amide bonds. The fraction of sp³-hybridized carbons (Fsp3) is 0.316. The van der Waals surface area contributed by atoms with Crippen molar-refractivity contribution in [1.29, 1.82) is 0 Å². The smallest absolute Gasteiger partial charge is 0.258 e. The number of para-hydroxylation sites is 3. The van der Waals surface area contributed by atoms with Gasteiger partial charge in [0, 0.05) is 6.54 Å². The molecule has 2 N–H and O–H groups in total. The number of aliphatic hydroxyl groups is 1. The minimum absolute atomic E-state index is 0.0855. The summed E-state index contributed by atoms with van der Waals surface area (Å²) in [5.41, 5.74) is 0. The molecule has 0 fully saturated rings. The fourth-order valence-electron chi connectivity index (χ4n) is 2.04. The topological polar surface area (TPSA) is 77.0 Å². The summed E-state index contributed by atoms with van der Waals surface area (Å²) >= 11 is 0. The molecule has 0 heterocycles. The van der Waals surface area contributed by atoms with E-state index in [1.54, 1.807) is 30.3 Å². The monoisotopic (exact) mass is 345 g/mol. The molecule has 2 aromatic carbocycles. The van der Waals surface area contributed by atoms with Crippen LogP contribution in [0.25, 0.3) is 0 Å². The first-order valence-electron chi connectivity index (χ1n) is 8.16. The lowest BCUT2D eigenvalue weighted by atomic mass is 10.3. The molecule has 0 aliphatic carbocycles. The van der Waals surface area contributed by atoms with Crippen LogP contribution < -0.4 is 19.5 Å². The van der Waals surface area contributed by atoms with Gasteiger partial charge in [0.1, 0.15) is 18.5 Å². The van der Waals surface area contributed by atoms with Crippen molar-refractivity contribution in [2.24, 2.45) is 0 Å². The standard InChI is InChI=1S/C19H23NO5/c1-2-23-17-10-6-7-11-18(17)25-14-19(22)20-12-15(21)13-24-16-8-4-3-5-9-16/h3-11,15,21H,2,12-14H2,1H3,(H,20,22)/t15-/m0/s1. The predicted molar refractivity (Wildman–Crippen MR) is 94.1 cm³/mol. The average molecular weight is 345 g/mol. The Morgan fingerprint density at radius 2 is 1.64 bits per heavy atom. The van der Waals surface area contributed by atoms with Crippen LogP contribution in [0.1, 0.15) is 6.92 Å². The van der Waals surface area contributed by atoms with Gasteiger partial charge in [0.15, 0.2) is 18.1 Å². The third kappa shape index (κ3) is 6.73. The zero-order valence-electron chi connectivity index (χ0n) is 14.2. The van der Waals surface area contributed by atoms with Gasteiger partial charge in [-0.25, -0.2) is 0 Å². The summed E-state index contributed by atoms with van der Waals surface area (Å²) in [6.45, 7) is 2.42. The Bertz CT molecular complexity index is 647. The maximum Gasteiger partial charge on any atom is 0.258 e. The molecule has 0 saturated carbocycles. The zero-order valence-corrected chi connectivity index (χ0v) is 14.2. The summed E-state index contributed by atoms with van der Waals surface area (Å²) in [5.74, 6) is 1.44. The molecular weight excluding hydrogens is 322 g/mol. The highest BCUT2D eigenvalue weighted by Gasteiger charge is 2.10. The molecule has 2 rings (SSSR count). The highest BCUT2D eigenvalue weighted by atomic mass is 16.5. The Labute approximate surface area is 147 Å². The first-order valence-corrected chi connectivity index (χ1v) is 8.16. The number of ether oxygens (including phenoxy) is 3. The lowest BCUT2D eigenvalue weighted by molar-refractivity contribution is -0.123. The lowest BCUT2D eigenvalue weighted by Gasteiger charge is -2.14.